The number of aliphatic carboxylic acids is 1. The molecule has 0 aromatic carbocycles. The second-order valence-corrected chi connectivity index (χ2v) is 6.57. The second kappa shape index (κ2) is 6.60. The van der Waals surface area contributed by atoms with Crippen LogP contribution in [0.5, 0.6) is 0 Å². The Balaban J connectivity index is 1.54. The van der Waals surface area contributed by atoms with E-state index in [0.29, 0.717) is 18.4 Å². The van der Waals surface area contributed by atoms with E-state index in [4.69, 9.17) is 10.2 Å². The van der Waals surface area contributed by atoms with Gasteiger partial charge in [0.2, 0.25) is 0 Å². The fourth-order valence-electron chi connectivity index (χ4n) is 3.77. The van der Waals surface area contributed by atoms with Gasteiger partial charge < -0.3 is 5.11 Å². The Hall–Kier alpha value is -1.36. The Morgan fingerprint density at radius 2 is 2.10 bits per heavy atom. The van der Waals surface area contributed by atoms with E-state index in [9.17, 15) is 4.79 Å². The maximum absolute atomic E-state index is 10.8. The molecule has 0 radical (unpaired) electrons. The van der Waals surface area contributed by atoms with Crippen molar-refractivity contribution in [1.29, 1.82) is 0 Å². The van der Waals surface area contributed by atoms with Crippen LogP contribution in [0, 0.1) is 5.92 Å². The third kappa shape index (κ3) is 3.84. The standard InChI is InChI=1S/C16H25N3O2/c20-16(21)10-13-4-3-8-18(11-13)12-14-7-9-19(17-14)15-5-1-2-6-15/h7,9,13,15H,1-6,8,10-12H2,(H,20,21). The minimum atomic E-state index is -0.674. The van der Waals surface area contributed by atoms with Crippen molar-refractivity contribution in [1.82, 2.24) is 14.7 Å². The molecular weight excluding hydrogens is 266 g/mol. The molecule has 1 saturated carbocycles. The van der Waals surface area contributed by atoms with E-state index in [2.05, 4.69) is 21.8 Å². The van der Waals surface area contributed by atoms with Crippen molar-refractivity contribution in [3.63, 3.8) is 0 Å². The van der Waals surface area contributed by atoms with E-state index in [1.165, 1.54) is 25.7 Å². The Morgan fingerprint density at radius 1 is 1.29 bits per heavy atom. The van der Waals surface area contributed by atoms with Crippen molar-refractivity contribution < 1.29 is 9.90 Å². The summed E-state index contributed by atoms with van der Waals surface area (Å²) in [6, 6.07) is 2.72. The molecule has 1 atom stereocenters. The molecule has 0 bridgehead atoms. The first kappa shape index (κ1) is 14.6. The van der Waals surface area contributed by atoms with E-state index in [0.717, 1.165) is 38.2 Å². The summed E-state index contributed by atoms with van der Waals surface area (Å²) in [7, 11) is 0. The van der Waals surface area contributed by atoms with Gasteiger partial charge in [-0.15, -0.1) is 0 Å². The molecule has 0 spiro atoms. The van der Waals surface area contributed by atoms with Gasteiger partial charge in [0, 0.05) is 25.7 Å². The maximum atomic E-state index is 10.8. The summed E-state index contributed by atoms with van der Waals surface area (Å²) in [5, 5.41) is 13.7. The quantitative estimate of drug-likeness (QED) is 0.906. The molecule has 1 aromatic rings. The van der Waals surface area contributed by atoms with Crippen LogP contribution in [0.1, 0.15) is 56.7 Å². The van der Waals surface area contributed by atoms with Gasteiger partial charge in [0.1, 0.15) is 0 Å². The highest BCUT2D eigenvalue weighted by Gasteiger charge is 2.23. The molecule has 2 fully saturated rings. The van der Waals surface area contributed by atoms with Gasteiger partial charge in [0.25, 0.3) is 0 Å². The van der Waals surface area contributed by atoms with Gasteiger partial charge in [0.05, 0.1) is 11.7 Å². The van der Waals surface area contributed by atoms with Crippen molar-refractivity contribution in [3.8, 4) is 0 Å². The van der Waals surface area contributed by atoms with Gasteiger partial charge in [-0.3, -0.25) is 14.4 Å². The predicted octanol–water partition coefficient (Wildman–Crippen LogP) is 2.68. The molecular formula is C16H25N3O2. The lowest BCUT2D eigenvalue weighted by Crippen LogP contribution is -2.35. The van der Waals surface area contributed by atoms with E-state index in [-0.39, 0.29) is 0 Å². The lowest BCUT2D eigenvalue weighted by molar-refractivity contribution is -0.138. The molecule has 5 nitrogen and oxygen atoms in total. The zero-order chi connectivity index (χ0) is 14.7. The summed E-state index contributed by atoms with van der Waals surface area (Å²) in [6.07, 6.45) is 9.71. The molecule has 1 aromatic heterocycles. The first-order valence-corrected chi connectivity index (χ1v) is 8.19. The normalized spacial score (nSPS) is 24.5. The summed E-state index contributed by atoms with van der Waals surface area (Å²) >= 11 is 0. The lowest BCUT2D eigenvalue weighted by Gasteiger charge is -2.31. The number of hydrogen-bond acceptors (Lipinski definition) is 3. The third-order valence-electron chi connectivity index (χ3n) is 4.81. The van der Waals surface area contributed by atoms with Gasteiger partial charge in [-0.2, -0.15) is 5.10 Å². The lowest BCUT2D eigenvalue weighted by atomic mass is 9.95. The summed E-state index contributed by atoms with van der Waals surface area (Å²) in [4.78, 5) is 13.2. The average molecular weight is 291 g/mol. The molecule has 1 N–H and O–H groups in total. The van der Waals surface area contributed by atoms with Crippen LogP contribution in [0.2, 0.25) is 0 Å². The highest BCUT2D eigenvalue weighted by molar-refractivity contribution is 5.67. The number of aromatic nitrogens is 2. The number of nitrogens with zero attached hydrogens (tertiary/aromatic N) is 3. The van der Waals surface area contributed by atoms with Crippen LogP contribution >= 0.6 is 0 Å². The first-order valence-electron chi connectivity index (χ1n) is 8.19. The minimum absolute atomic E-state index is 0.299. The Bertz CT molecular complexity index is 480. The van der Waals surface area contributed by atoms with Crippen LogP contribution in [0.25, 0.3) is 0 Å². The Kier molecular flexibility index (Phi) is 4.58. The fourth-order valence-corrected chi connectivity index (χ4v) is 3.77. The molecule has 5 heteroatoms. The van der Waals surface area contributed by atoms with Gasteiger partial charge in [-0.1, -0.05) is 12.8 Å². The van der Waals surface area contributed by atoms with Crippen LogP contribution in [-0.4, -0.2) is 38.8 Å². The zero-order valence-corrected chi connectivity index (χ0v) is 12.6. The monoisotopic (exact) mass is 291 g/mol. The molecule has 2 heterocycles. The van der Waals surface area contributed by atoms with Crippen molar-refractivity contribution in [2.45, 2.75) is 57.5 Å². The topological polar surface area (TPSA) is 58.4 Å². The summed E-state index contributed by atoms with van der Waals surface area (Å²) in [6.45, 7) is 2.81. The van der Waals surface area contributed by atoms with Crippen molar-refractivity contribution in [3.05, 3.63) is 18.0 Å². The van der Waals surface area contributed by atoms with E-state index in [1.807, 2.05) is 0 Å². The molecule has 1 unspecified atom stereocenters. The fraction of sp³-hybridized carbons (Fsp3) is 0.750. The van der Waals surface area contributed by atoms with Crippen LogP contribution in [0.15, 0.2) is 12.3 Å². The number of carbonyl (C=O) groups is 1. The number of carboxylic acids is 1. The van der Waals surface area contributed by atoms with E-state index < -0.39 is 5.97 Å². The molecule has 21 heavy (non-hydrogen) atoms. The Labute approximate surface area is 125 Å². The largest absolute Gasteiger partial charge is 0.481 e. The van der Waals surface area contributed by atoms with E-state index in [1.54, 1.807) is 0 Å². The number of hydrogen-bond donors (Lipinski definition) is 1. The van der Waals surface area contributed by atoms with Crippen molar-refractivity contribution in [2.75, 3.05) is 13.1 Å². The smallest absolute Gasteiger partial charge is 0.303 e. The minimum Gasteiger partial charge on any atom is -0.481 e. The highest BCUT2D eigenvalue weighted by atomic mass is 16.4. The van der Waals surface area contributed by atoms with Crippen LogP contribution in [0.4, 0.5) is 0 Å². The summed E-state index contributed by atoms with van der Waals surface area (Å²) < 4.78 is 2.14. The molecule has 116 valence electrons. The van der Waals surface area contributed by atoms with Gasteiger partial charge >= 0.3 is 5.97 Å². The number of carboxylic acid groups (broad SMARTS) is 1. The molecule has 1 aliphatic heterocycles. The number of rotatable bonds is 5. The van der Waals surface area contributed by atoms with Crippen LogP contribution < -0.4 is 0 Å². The molecule has 3 rings (SSSR count). The molecule has 1 saturated heterocycles. The Morgan fingerprint density at radius 3 is 2.86 bits per heavy atom. The SMILES string of the molecule is O=C(O)CC1CCCN(Cc2ccn(C3CCCC3)n2)C1. The highest BCUT2D eigenvalue weighted by Crippen LogP contribution is 2.29. The molecule has 1 aliphatic carbocycles. The predicted molar refractivity (Wildman–Crippen MR) is 80.0 cm³/mol. The number of piperidine rings is 1. The maximum Gasteiger partial charge on any atom is 0.303 e. The van der Waals surface area contributed by atoms with Crippen molar-refractivity contribution >= 4 is 5.97 Å². The van der Waals surface area contributed by atoms with Gasteiger partial charge in [-0.25, -0.2) is 0 Å². The third-order valence-corrected chi connectivity index (χ3v) is 4.81. The van der Waals surface area contributed by atoms with Crippen LogP contribution in [-0.2, 0) is 11.3 Å². The summed E-state index contributed by atoms with van der Waals surface area (Å²) in [5.41, 5.74) is 1.12. The van der Waals surface area contributed by atoms with Gasteiger partial charge in [-0.05, 0) is 44.2 Å². The molecule has 2 aliphatic rings. The summed E-state index contributed by atoms with van der Waals surface area (Å²) in [5.74, 6) is -0.375. The zero-order valence-electron chi connectivity index (χ0n) is 12.6. The molecule has 0 amide bonds. The first-order chi connectivity index (χ1) is 10.2. The van der Waals surface area contributed by atoms with E-state index >= 15 is 0 Å². The van der Waals surface area contributed by atoms with Gasteiger partial charge in [0.15, 0.2) is 0 Å². The van der Waals surface area contributed by atoms with Crippen LogP contribution in [0.3, 0.4) is 0 Å². The average Bonchev–Trinajstić information content (AvgIpc) is 3.08. The van der Waals surface area contributed by atoms with Crippen molar-refractivity contribution in [2.24, 2.45) is 5.92 Å². The number of likely N-dealkylation sites (tertiary alicyclic amines) is 1. The second-order valence-electron chi connectivity index (χ2n) is 6.57.